The summed E-state index contributed by atoms with van der Waals surface area (Å²) >= 11 is 0. The molecule has 0 aliphatic rings. The van der Waals surface area contributed by atoms with Gasteiger partial charge in [-0.1, -0.05) is 47.1 Å². The van der Waals surface area contributed by atoms with E-state index in [0.29, 0.717) is 35.6 Å². The van der Waals surface area contributed by atoms with E-state index >= 15 is 0 Å². The number of benzene rings is 2. The average Bonchev–Trinajstić information content (AvgIpc) is 3.23. The molecule has 0 fully saturated rings. The molecule has 8 nitrogen and oxygen atoms in total. The number of hydrogen-bond acceptors (Lipinski definition) is 6. The van der Waals surface area contributed by atoms with Crippen molar-refractivity contribution in [3.05, 3.63) is 80.8 Å². The summed E-state index contributed by atoms with van der Waals surface area (Å²) in [7, 11) is 1.59. The average molecular weight is 406 g/mol. The Bertz CT molecular complexity index is 1290. The molecule has 0 atom stereocenters. The Morgan fingerprint density at radius 3 is 2.57 bits per heavy atom. The first kappa shape index (κ1) is 19.8. The summed E-state index contributed by atoms with van der Waals surface area (Å²) in [6.45, 7) is 2.81. The van der Waals surface area contributed by atoms with E-state index in [9.17, 15) is 9.59 Å². The van der Waals surface area contributed by atoms with Gasteiger partial charge in [0.05, 0.1) is 10.9 Å². The molecule has 4 rings (SSSR count). The predicted molar refractivity (Wildman–Crippen MR) is 113 cm³/mol. The number of methoxy groups -OCH3 is 1. The Morgan fingerprint density at radius 2 is 1.80 bits per heavy atom. The monoisotopic (exact) mass is 406 g/mol. The van der Waals surface area contributed by atoms with Crippen LogP contribution < -0.4 is 11.2 Å². The highest BCUT2D eigenvalue weighted by atomic mass is 16.5. The van der Waals surface area contributed by atoms with E-state index in [4.69, 9.17) is 9.26 Å². The first-order chi connectivity index (χ1) is 14.6. The third kappa shape index (κ3) is 3.81. The van der Waals surface area contributed by atoms with Gasteiger partial charge in [-0.05, 0) is 25.5 Å². The summed E-state index contributed by atoms with van der Waals surface area (Å²) in [4.78, 5) is 30.4. The molecule has 0 radical (unpaired) electrons. The quantitative estimate of drug-likeness (QED) is 0.438. The van der Waals surface area contributed by atoms with Crippen molar-refractivity contribution in [3.63, 3.8) is 0 Å². The zero-order chi connectivity index (χ0) is 21.1. The van der Waals surface area contributed by atoms with Crippen LogP contribution in [0, 0.1) is 6.92 Å². The number of rotatable bonds is 7. The second-order valence-electron chi connectivity index (χ2n) is 7.07. The molecule has 0 aliphatic heterocycles. The fourth-order valence-electron chi connectivity index (χ4n) is 3.36. The zero-order valence-electron chi connectivity index (χ0n) is 16.9. The summed E-state index contributed by atoms with van der Waals surface area (Å²) in [5.74, 6) is 0.746. The van der Waals surface area contributed by atoms with Gasteiger partial charge in [0.15, 0.2) is 0 Å². The van der Waals surface area contributed by atoms with Crippen molar-refractivity contribution >= 4 is 10.9 Å². The van der Waals surface area contributed by atoms with Gasteiger partial charge in [-0.3, -0.25) is 13.9 Å². The Labute approximate surface area is 172 Å². The van der Waals surface area contributed by atoms with Crippen LogP contribution in [0.25, 0.3) is 22.3 Å². The molecular formula is C22H22N4O4. The van der Waals surface area contributed by atoms with Gasteiger partial charge in [-0.2, -0.15) is 4.98 Å². The number of nitrogens with zero attached hydrogens (tertiary/aromatic N) is 4. The molecule has 2 heterocycles. The molecule has 2 aromatic carbocycles. The molecular weight excluding hydrogens is 384 g/mol. The summed E-state index contributed by atoms with van der Waals surface area (Å²) in [5.41, 5.74) is 1.78. The molecule has 0 bridgehead atoms. The van der Waals surface area contributed by atoms with E-state index in [2.05, 4.69) is 10.1 Å². The second-order valence-corrected chi connectivity index (χ2v) is 7.07. The number of aryl methyl sites for hydroxylation is 1. The molecule has 0 unspecified atom stereocenters. The highest BCUT2D eigenvalue weighted by Gasteiger charge is 2.16. The third-order valence-electron chi connectivity index (χ3n) is 4.93. The molecule has 2 aromatic heterocycles. The third-order valence-corrected chi connectivity index (χ3v) is 4.93. The van der Waals surface area contributed by atoms with Crippen LogP contribution in [0.1, 0.15) is 17.9 Å². The lowest BCUT2D eigenvalue weighted by atomic mass is 10.1. The minimum atomic E-state index is -0.412. The number of ether oxygens (including phenoxy) is 1. The predicted octanol–water partition coefficient (Wildman–Crippen LogP) is 2.61. The summed E-state index contributed by atoms with van der Waals surface area (Å²) in [5, 5.41) is 4.50. The Morgan fingerprint density at radius 1 is 1.03 bits per heavy atom. The Hall–Kier alpha value is -3.52. The molecule has 154 valence electrons. The van der Waals surface area contributed by atoms with E-state index in [-0.39, 0.29) is 18.6 Å². The summed E-state index contributed by atoms with van der Waals surface area (Å²) in [6.07, 6.45) is 0.558. The first-order valence-electron chi connectivity index (χ1n) is 9.69. The highest BCUT2D eigenvalue weighted by molar-refractivity contribution is 5.77. The maximum Gasteiger partial charge on any atom is 0.331 e. The first-order valence-corrected chi connectivity index (χ1v) is 9.69. The molecule has 0 amide bonds. The van der Waals surface area contributed by atoms with Crippen LogP contribution in [0.15, 0.2) is 62.6 Å². The maximum atomic E-state index is 13.1. The molecule has 30 heavy (non-hydrogen) atoms. The standard InChI is InChI=1S/C22H22N4O4/c1-15-8-10-16(11-9-15)20-23-19(30-24-20)14-26-18-7-4-3-6-17(18)21(27)25(22(26)28)12-5-13-29-2/h3-4,6-11H,5,12-14H2,1-2H3. The van der Waals surface area contributed by atoms with Crippen molar-refractivity contribution in [2.75, 3.05) is 13.7 Å². The lowest BCUT2D eigenvalue weighted by Crippen LogP contribution is -2.40. The van der Waals surface area contributed by atoms with Crippen LogP contribution in [0.4, 0.5) is 0 Å². The van der Waals surface area contributed by atoms with E-state index in [1.165, 1.54) is 9.13 Å². The minimum Gasteiger partial charge on any atom is -0.385 e. The van der Waals surface area contributed by atoms with Gasteiger partial charge in [0, 0.05) is 25.8 Å². The number of aromatic nitrogens is 4. The van der Waals surface area contributed by atoms with E-state index in [0.717, 1.165) is 11.1 Å². The van der Waals surface area contributed by atoms with Crippen LogP contribution in [0.3, 0.4) is 0 Å². The molecule has 8 heteroatoms. The molecule has 0 N–H and O–H groups in total. The van der Waals surface area contributed by atoms with Crippen molar-refractivity contribution in [3.8, 4) is 11.4 Å². The zero-order valence-corrected chi connectivity index (χ0v) is 16.9. The van der Waals surface area contributed by atoms with Gasteiger partial charge in [-0.15, -0.1) is 0 Å². The molecule has 0 spiro atoms. The topological polar surface area (TPSA) is 92.2 Å². The molecule has 0 saturated heterocycles. The van der Waals surface area contributed by atoms with Gasteiger partial charge in [0.25, 0.3) is 5.56 Å². The van der Waals surface area contributed by atoms with Crippen molar-refractivity contribution in [2.45, 2.75) is 26.4 Å². The second kappa shape index (κ2) is 8.46. The van der Waals surface area contributed by atoms with Crippen LogP contribution in [0.2, 0.25) is 0 Å². The Balaban J connectivity index is 1.74. The van der Waals surface area contributed by atoms with Gasteiger partial charge >= 0.3 is 5.69 Å². The van der Waals surface area contributed by atoms with Crippen molar-refractivity contribution in [2.24, 2.45) is 0 Å². The van der Waals surface area contributed by atoms with Gasteiger partial charge in [0.1, 0.15) is 6.54 Å². The number of hydrogen-bond donors (Lipinski definition) is 0. The van der Waals surface area contributed by atoms with Crippen LogP contribution in [-0.2, 0) is 17.8 Å². The lowest BCUT2D eigenvalue weighted by Gasteiger charge is -2.12. The normalized spacial score (nSPS) is 11.3. The SMILES string of the molecule is COCCCn1c(=O)c2ccccc2n(Cc2nc(-c3ccc(C)cc3)no2)c1=O. The molecule has 4 aromatic rings. The van der Waals surface area contributed by atoms with Gasteiger partial charge in [-0.25, -0.2) is 4.79 Å². The van der Waals surface area contributed by atoms with Crippen molar-refractivity contribution in [1.82, 2.24) is 19.3 Å². The fourth-order valence-corrected chi connectivity index (χ4v) is 3.36. The van der Waals surface area contributed by atoms with Crippen molar-refractivity contribution < 1.29 is 9.26 Å². The summed E-state index contributed by atoms with van der Waals surface area (Å²) in [6, 6.07) is 14.8. The van der Waals surface area contributed by atoms with Crippen LogP contribution in [0.5, 0.6) is 0 Å². The van der Waals surface area contributed by atoms with Crippen LogP contribution >= 0.6 is 0 Å². The molecule has 0 aliphatic carbocycles. The van der Waals surface area contributed by atoms with Crippen molar-refractivity contribution in [1.29, 1.82) is 0 Å². The largest absolute Gasteiger partial charge is 0.385 e. The number of para-hydroxylation sites is 1. The fraction of sp³-hybridized carbons (Fsp3) is 0.273. The highest BCUT2D eigenvalue weighted by Crippen LogP contribution is 2.17. The van der Waals surface area contributed by atoms with Crippen LogP contribution in [-0.4, -0.2) is 33.0 Å². The van der Waals surface area contributed by atoms with Gasteiger partial charge in [0.2, 0.25) is 11.7 Å². The van der Waals surface area contributed by atoms with E-state index < -0.39 is 5.69 Å². The van der Waals surface area contributed by atoms with E-state index in [1.807, 2.05) is 31.2 Å². The van der Waals surface area contributed by atoms with E-state index in [1.54, 1.807) is 31.4 Å². The molecule has 0 saturated carbocycles. The lowest BCUT2D eigenvalue weighted by molar-refractivity contribution is 0.189. The Kier molecular flexibility index (Phi) is 5.58. The smallest absolute Gasteiger partial charge is 0.331 e. The summed E-state index contributed by atoms with van der Waals surface area (Å²) < 4.78 is 13.2. The minimum absolute atomic E-state index is 0.0722. The van der Waals surface area contributed by atoms with Gasteiger partial charge < -0.3 is 9.26 Å². The maximum absolute atomic E-state index is 13.1. The number of fused-ring (bicyclic) bond motifs is 1.